The predicted octanol–water partition coefficient (Wildman–Crippen LogP) is 4.97. The van der Waals surface area contributed by atoms with E-state index in [9.17, 15) is 0 Å². The monoisotopic (exact) mass is 315 g/mol. The molecular weight excluding hydrogens is 298 g/mol. The minimum absolute atomic E-state index is 0.406. The average Bonchev–Trinajstić information content (AvgIpc) is 3.03. The largest absolute Gasteiger partial charge is 0.378 e. The lowest BCUT2D eigenvalue weighted by molar-refractivity contribution is 0.670. The first-order valence-corrected chi connectivity index (χ1v) is 8.92. The number of aromatic nitrogens is 2. The fourth-order valence-electron chi connectivity index (χ4n) is 2.91. The van der Waals surface area contributed by atoms with Crippen molar-refractivity contribution in [1.82, 2.24) is 9.97 Å². The van der Waals surface area contributed by atoms with E-state index < -0.39 is 0 Å². The maximum absolute atomic E-state index is 4.46. The smallest absolute Gasteiger partial charge is 0.104 e. The van der Waals surface area contributed by atoms with Crippen molar-refractivity contribution in [2.45, 2.75) is 35.8 Å². The zero-order valence-corrected chi connectivity index (χ0v) is 13.6. The Kier molecular flexibility index (Phi) is 3.19. The van der Waals surface area contributed by atoms with Gasteiger partial charge in [0.2, 0.25) is 0 Å². The summed E-state index contributed by atoms with van der Waals surface area (Å²) >= 11 is 3.86. The third-order valence-electron chi connectivity index (χ3n) is 3.85. The quantitative estimate of drug-likeness (QED) is 0.701. The predicted molar refractivity (Wildman–Crippen MR) is 91.4 cm³/mol. The van der Waals surface area contributed by atoms with E-state index in [4.69, 9.17) is 0 Å². The van der Waals surface area contributed by atoms with E-state index in [0.717, 1.165) is 29.0 Å². The number of fused-ring (bicyclic) bond motifs is 2. The minimum atomic E-state index is 0.406. The van der Waals surface area contributed by atoms with Crippen LogP contribution < -0.4 is 5.32 Å². The molecule has 1 aliphatic rings. The minimum Gasteiger partial charge on any atom is -0.378 e. The van der Waals surface area contributed by atoms with Gasteiger partial charge in [-0.05, 0) is 48.6 Å². The number of hydrogen-bond donors (Lipinski definition) is 2. The number of aryl methyl sites for hydroxylation is 1. The second-order valence-corrected chi connectivity index (χ2v) is 8.20. The van der Waals surface area contributed by atoms with Gasteiger partial charge in [0.1, 0.15) is 5.82 Å². The number of aromatic amines is 1. The third-order valence-corrected chi connectivity index (χ3v) is 6.19. The van der Waals surface area contributed by atoms with Crippen LogP contribution in [0, 0.1) is 6.92 Å². The van der Waals surface area contributed by atoms with Gasteiger partial charge < -0.3 is 10.3 Å². The standard InChI is InChI=1S/C16H17N3S2/c1-9-7-14(12-5-6-20-16(12)21-9)19-11-3-4-13-15(8-11)18-10(2)17-13/h3-6,8-9,14,19H,7H2,1-2H3,(H,17,18)/t9-,14?/m0/s1. The molecule has 0 aliphatic carbocycles. The van der Waals surface area contributed by atoms with E-state index in [1.54, 1.807) is 0 Å². The number of thiophene rings is 1. The Morgan fingerprint density at radius 1 is 1.33 bits per heavy atom. The number of benzene rings is 1. The molecule has 3 nitrogen and oxygen atoms in total. The summed E-state index contributed by atoms with van der Waals surface area (Å²) < 4.78 is 1.46. The number of rotatable bonds is 2. The Labute approximate surface area is 132 Å². The number of thioether (sulfide) groups is 1. The second-order valence-electron chi connectivity index (χ2n) is 5.58. The lowest BCUT2D eigenvalue weighted by Gasteiger charge is -2.28. The molecule has 0 amide bonds. The highest BCUT2D eigenvalue weighted by Crippen LogP contribution is 2.44. The summed E-state index contributed by atoms with van der Waals surface area (Å²) in [5.41, 5.74) is 4.74. The Bertz CT molecular complexity index is 790. The normalized spacial score (nSPS) is 21.4. The van der Waals surface area contributed by atoms with E-state index in [0.29, 0.717) is 11.3 Å². The fraction of sp³-hybridized carbons (Fsp3) is 0.312. The Morgan fingerprint density at radius 3 is 3.14 bits per heavy atom. The Balaban J connectivity index is 1.65. The van der Waals surface area contributed by atoms with Gasteiger partial charge in [0, 0.05) is 10.9 Å². The zero-order valence-electron chi connectivity index (χ0n) is 12.0. The van der Waals surface area contributed by atoms with Crippen molar-refractivity contribution in [1.29, 1.82) is 0 Å². The Morgan fingerprint density at radius 2 is 2.24 bits per heavy atom. The first-order chi connectivity index (χ1) is 10.2. The van der Waals surface area contributed by atoms with Gasteiger partial charge in [-0.1, -0.05) is 6.92 Å². The van der Waals surface area contributed by atoms with Crippen molar-refractivity contribution in [2.75, 3.05) is 5.32 Å². The number of H-pyrrole nitrogens is 1. The van der Waals surface area contributed by atoms with E-state index in [1.165, 1.54) is 9.77 Å². The molecule has 2 N–H and O–H groups in total. The lowest BCUT2D eigenvalue weighted by Crippen LogP contribution is -2.18. The van der Waals surface area contributed by atoms with Crippen molar-refractivity contribution in [3.63, 3.8) is 0 Å². The highest BCUT2D eigenvalue weighted by molar-refractivity contribution is 8.01. The van der Waals surface area contributed by atoms with Crippen LogP contribution in [-0.2, 0) is 0 Å². The Hall–Kier alpha value is -1.46. The van der Waals surface area contributed by atoms with Gasteiger partial charge in [0.15, 0.2) is 0 Å². The van der Waals surface area contributed by atoms with Gasteiger partial charge in [-0.3, -0.25) is 0 Å². The summed E-state index contributed by atoms with van der Waals surface area (Å²) in [7, 11) is 0. The molecule has 108 valence electrons. The maximum atomic E-state index is 4.46. The van der Waals surface area contributed by atoms with Crippen LogP contribution in [0.2, 0.25) is 0 Å². The molecule has 0 saturated heterocycles. The second kappa shape index (κ2) is 5.07. The molecule has 1 unspecified atom stereocenters. The molecule has 2 atom stereocenters. The number of imidazole rings is 1. The van der Waals surface area contributed by atoms with Crippen LogP contribution in [0.4, 0.5) is 5.69 Å². The van der Waals surface area contributed by atoms with Crippen molar-refractivity contribution >= 4 is 39.8 Å². The molecule has 21 heavy (non-hydrogen) atoms. The summed E-state index contributed by atoms with van der Waals surface area (Å²) in [5, 5.41) is 6.56. The van der Waals surface area contributed by atoms with Crippen LogP contribution in [0.1, 0.15) is 30.8 Å². The molecule has 1 aliphatic heterocycles. The SMILES string of the molecule is Cc1nc2ccc(NC3C[C@H](C)Sc4sccc43)cc2[nH]1. The molecule has 1 aromatic carbocycles. The summed E-state index contributed by atoms with van der Waals surface area (Å²) in [6.45, 7) is 4.30. The molecule has 3 aromatic rings. The number of anilines is 1. The van der Waals surface area contributed by atoms with Gasteiger partial charge in [-0.15, -0.1) is 23.1 Å². The highest BCUT2D eigenvalue weighted by Gasteiger charge is 2.26. The van der Waals surface area contributed by atoms with Crippen LogP contribution in [0.5, 0.6) is 0 Å². The summed E-state index contributed by atoms with van der Waals surface area (Å²) in [6.07, 6.45) is 1.16. The fourth-order valence-corrected chi connectivity index (χ4v) is 5.48. The van der Waals surface area contributed by atoms with E-state index in [-0.39, 0.29) is 0 Å². The summed E-state index contributed by atoms with van der Waals surface area (Å²) in [4.78, 5) is 7.76. The van der Waals surface area contributed by atoms with Gasteiger partial charge in [0.05, 0.1) is 21.3 Å². The molecule has 4 rings (SSSR count). The zero-order chi connectivity index (χ0) is 14.4. The molecule has 0 spiro atoms. The van der Waals surface area contributed by atoms with Crippen molar-refractivity contribution < 1.29 is 0 Å². The van der Waals surface area contributed by atoms with Gasteiger partial charge >= 0.3 is 0 Å². The first-order valence-electron chi connectivity index (χ1n) is 7.16. The molecule has 0 fully saturated rings. The molecule has 5 heteroatoms. The van der Waals surface area contributed by atoms with Gasteiger partial charge in [0.25, 0.3) is 0 Å². The van der Waals surface area contributed by atoms with E-state index in [2.05, 4.69) is 51.9 Å². The average molecular weight is 315 g/mol. The van der Waals surface area contributed by atoms with Crippen LogP contribution in [-0.4, -0.2) is 15.2 Å². The van der Waals surface area contributed by atoms with Crippen LogP contribution in [0.15, 0.2) is 33.9 Å². The van der Waals surface area contributed by atoms with E-state index in [1.807, 2.05) is 30.0 Å². The van der Waals surface area contributed by atoms with Crippen LogP contribution >= 0.6 is 23.1 Å². The van der Waals surface area contributed by atoms with Gasteiger partial charge in [-0.25, -0.2) is 4.98 Å². The highest BCUT2D eigenvalue weighted by atomic mass is 32.2. The topological polar surface area (TPSA) is 40.7 Å². The number of hydrogen-bond acceptors (Lipinski definition) is 4. The first kappa shape index (κ1) is 13.2. The van der Waals surface area contributed by atoms with E-state index >= 15 is 0 Å². The number of nitrogens with one attached hydrogen (secondary N) is 2. The van der Waals surface area contributed by atoms with Crippen LogP contribution in [0.3, 0.4) is 0 Å². The number of nitrogens with zero attached hydrogens (tertiary/aromatic N) is 1. The summed E-state index contributed by atoms with van der Waals surface area (Å²) in [5.74, 6) is 0.963. The molecule has 0 saturated carbocycles. The molecule has 3 heterocycles. The molecule has 0 radical (unpaired) electrons. The molecule has 2 aromatic heterocycles. The van der Waals surface area contributed by atoms with Crippen molar-refractivity contribution in [3.05, 3.63) is 41.0 Å². The van der Waals surface area contributed by atoms with Crippen molar-refractivity contribution in [3.8, 4) is 0 Å². The molecular formula is C16H17N3S2. The molecule has 0 bridgehead atoms. The third kappa shape index (κ3) is 2.45. The van der Waals surface area contributed by atoms with Gasteiger partial charge in [-0.2, -0.15) is 0 Å². The lowest BCUT2D eigenvalue weighted by atomic mass is 10.0. The maximum Gasteiger partial charge on any atom is 0.104 e. The van der Waals surface area contributed by atoms with Crippen molar-refractivity contribution in [2.24, 2.45) is 0 Å². The summed E-state index contributed by atoms with van der Waals surface area (Å²) in [6, 6.07) is 9.03. The van der Waals surface area contributed by atoms with Crippen LogP contribution in [0.25, 0.3) is 11.0 Å².